The first-order chi connectivity index (χ1) is 34.7. The maximum absolute atomic E-state index is 3.89. The third kappa shape index (κ3) is 5.72. The van der Waals surface area contributed by atoms with E-state index in [2.05, 4.69) is 266 Å². The van der Waals surface area contributed by atoms with E-state index in [1.54, 1.807) is 0 Å². The van der Waals surface area contributed by atoms with Crippen molar-refractivity contribution < 1.29 is 0 Å². The predicted molar refractivity (Wildman–Crippen MR) is 295 cm³/mol. The maximum Gasteiger partial charge on any atom is 0.111 e. The highest BCUT2D eigenvalue weighted by atomic mass is 15.2. The highest BCUT2D eigenvalue weighted by Crippen LogP contribution is 2.41. The fourth-order valence-corrected chi connectivity index (χ4v) is 11.7. The third-order valence-electron chi connectivity index (χ3n) is 14.8. The number of fused-ring (bicyclic) bond motifs is 12. The first-order valence-electron chi connectivity index (χ1n) is 24.1. The summed E-state index contributed by atoms with van der Waals surface area (Å²) < 4.78 is 9.63. The van der Waals surface area contributed by atoms with E-state index in [1.807, 2.05) is 0 Å². The number of nitrogens with one attached hydrogen (secondary N) is 1. The Kier molecular flexibility index (Phi) is 8.36. The highest BCUT2D eigenvalue weighted by molar-refractivity contribution is 6.15. The molecule has 14 aromatic rings. The molecule has 4 aromatic heterocycles. The molecule has 0 atom stereocenters. The molecule has 1 N–H and O–H groups in total. The molecule has 0 bridgehead atoms. The number of allylic oxidation sites excluding steroid dienone is 2. The van der Waals surface area contributed by atoms with Crippen LogP contribution in [0.5, 0.6) is 0 Å². The lowest BCUT2D eigenvalue weighted by Crippen LogP contribution is -2.24. The van der Waals surface area contributed by atoms with Crippen LogP contribution < -0.4 is 5.32 Å². The van der Waals surface area contributed by atoms with Gasteiger partial charge in [0.15, 0.2) is 0 Å². The lowest BCUT2D eigenvalue weighted by molar-refractivity contribution is 0.902. The van der Waals surface area contributed by atoms with Gasteiger partial charge in [-0.1, -0.05) is 146 Å². The average Bonchev–Trinajstić information content (AvgIpc) is 4.15. The van der Waals surface area contributed by atoms with Crippen LogP contribution in [-0.2, 0) is 0 Å². The van der Waals surface area contributed by atoms with Gasteiger partial charge in [-0.05, 0) is 119 Å². The standard InChI is InChI=1S/C65H43N5/c1-3-15-46(16-4-1)67-57-23-11-7-19-49(57)53-32-27-44(39-63(53)67)42-29-34-61-55(37-42)51-21-9-13-25-59(51)69(61)48-31-36-65(66-41-48)70-60-26-14-10-22-52(60)56-38-43(30-35-62(56)70)45-28-33-54-50-20-8-12-24-58(50)68(64(54)40-45)47-17-5-2-6-18-47/h1-40,66H,41H2. The second-order valence-corrected chi connectivity index (χ2v) is 18.6. The zero-order valence-corrected chi connectivity index (χ0v) is 38.1. The topological polar surface area (TPSA) is 31.8 Å². The van der Waals surface area contributed by atoms with Crippen LogP contribution in [0.4, 0.5) is 0 Å². The summed E-state index contributed by atoms with van der Waals surface area (Å²) in [6.07, 6.45) is 4.56. The van der Waals surface area contributed by atoms with Gasteiger partial charge in [-0.25, -0.2) is 0 Å². The van der Waals surface area contributed by atoms with Gasteiger partial charge in [0, 0.05) is 60.2 Å². The Labute approximate surface area is 403 Å². The summed E-state index contributed by atoms with van der Waals surface area (Å²) in [6.45, 7) is 0.670. The molecule has 0 saturated heterocycles. The summed E-state index contributed by atoms with van der Waals surface area (Å²) in [5, 5.41) is 13.9. The van der Waals surface area contributed by atoms with Gasteiger partial charge < -0.3 is 19.0 Å². The summed E-state index contributed by atoms with van der Waals surface area (Å²) in [5.74, 6) is 1.06. The summed E-state index contributed by atoms with van der Waals surface area (Å²) in [4.78, 5) is 0. The normalized spacial score (nSPS) is 13.1. The third-order valence-corrected chi connectivity index (χ3v) is 14.8. The maximum atomic E-state index is 3.89. The molecule has 5 heterocycles. The van der Waals surface area contributed by atoms with Gasteiger partial charge in [0.05, 0.1) is 50.7 Å². The van der Waals surface area contributed by atoms with Crippen molar-refractivity contribution in [2.75, 3.05) is 6.54 Å². The number of benzene rings is 10. The first kappa shape index (κ1) is 38.8. The monoisotopic (exact) mass is 893 g/mol. The summed E-state index contributed by atoms with van der Waals surface area (Å²) in [5.41, 5.74) is 17.9. The molecule has 0 saturated carbocycles. The fraction of sp³-hybridized carbons (Fsp3) is 0.0154. The van der Waals surface area contributed by atoms with E-state index in [1.165, 1.54) is 115 Å². The predicted octanol–water partition coefficient (Wildman–Crippen LogP) is 16.4. The molecule has 5 nitrogen and oxygen atoms in total. The number of hydrogen-bond donors (Lipinski definition) is 1. The van der Waals surface area contributed by atoms with Crippen molar-refractivity contribution in [1.82, 2.24) is 23.6 Å². The largest absolute Gasteiger partial charge is 0.366 e. The van der Waals surface area contributed by atoms with Crippen LogP contribution in [0.2, 0.25) is 0 Å². The zero-order valence-electron chi connectivity index (χ0n) is 38.1. The van der Waals surface area contributed by atoms with E-state index in [-0.39, 0.29) is 0 Å². The van der Waals surface area contributed by atoms with E-state index in [4.69, 9.17) is 0 Å². The number of hydrogen-bond acceptors (Lipinski definition) is 1. The molecule has 328 valence electrons. The fourth-order valence-electron chi connectivity index (χ4n) is 11.7. The van der Waals surface area contributed by atoms with E-state index in [0.717, 1.165) is 17.2 Å². The zero-order chi connectivity index (χ0) is 45.9. The average molecular weight is 894 g/mol. The van der Waals surface area contributed by atoms with Gasteiger partial charge in [-0.3, -0.25) is 4.57 Å². The molecule has 1 aliphatic rings. The molecule has 0 fully saturated rings. The van der Waals surface area contributed by atoms with Crippen molar-refractivity contribution in [2.45, 2.75) is 0 Å². The van der Waals surface area contributed by atoms with Crippen LogP contribution in [0.25, 0.3) is 132 Å². The number of dihydropyridines is 1. The molecule has 0 spiro atoms. The minimum atomic E-state index is 0.670. The summed E-state index contributed by atoms with van der Waals surface area (Å²) in [6, 6.07) is 84.3. The molecule has 70 heavy (non-hydrogen) atoms. The van der Waals surface area contributed by atoms with Gasteiger partial charge in [0.1, 0.15) is 5.82 Å². The van der Waals surface area contributed by atoms with Crippen molar-refractivity contribution in [3.05, 3.63) is 243 Å². The second-order valence-electron chi connectivity index (χ2n) is 18.6. The Morgan fingerprint density at radius 3 is 1.09 bits per heavy atom. The number of para-hydroxylation sites is 6. The van der Waals surface area contributed by atoms with Crippen LogP contribution in [0.1, 0.15) is 0 Å². The summed E-state index contributed by atoms with van der Waals surface area (Å²) >= 11 is 0. The van der Waals surface area contributed by atoms with Gasteiger partial charge >= 0.3 is 0 Å². The minimum Gasteiger partial charge on any atom is -0.366 e. The molecule has 5 heteroatoms. The Morgan fingerprint density at radius 1 is 0.257 bits per heavy atom. The van der Waals surface area contributed by atoms with Crippen molar-refractivity contribution in [3.8, 4) is 33.6 Å². The quantitative estimate of drug-likeness (QED) is 0.177. The van der Waals surface area contributed by atoms with Crippen molar-refractivity contribution in [3.63, 3.8) is 0 Å². The van der Waals surface area contributed by atoms with Crippen LogP contribution in [-0.4, -0.2) is 24.8 Å². The Hall–Kier alpha value is -9.32. The molecular formula is C65H43N5. The lowest BCUT2D eigenvalue weighted by atomic mass is 10.0. The highest BCUT2D eigenvalue weighted by Gasteiger charge is 2.21. The summed E-state index contributed by atoms with van der Waals surface area (Å²) in [7, 11) is 0. The van der Waals surface area contributed by atoms with Gasteiger partial charge in [0.25, 0.3) is 0 Å². The van der Waals surface area contributed by atoms with Gasteiger partial charge in [-0.15, -0.1) is 0 Å². The van der Waals surface area contributed by atoms with Crippen LogP contribution >= 0.6 is 0 Å². The Balaban J connectivity index is 0.820. The molecule has 0 radical (unpaired) electrons. The SMILES string of the molecule is C1=C(n2c3ccccc3c3cc(-c4ccc5c6ccccc6n(-c6ccccc6)c5c4)ccc32)CNC(n2c3ccccc3c3cc(-c4ccc5c6ccccc6n(-c6ccccc6)c5c4)ccc32)=C1. The Bertz CT molecular complexity index is 4230. The van der Waals surface area contributed by atoms with E-state index in [9.17, 15) is 0 Å². The number of aromatic nitrogens is 4. The van der Waals surface area contributed by atoms with Crippen LogP contribution in [0, 0.1) is 0 Å². The van der Waals surface area contributed by atoms with E-state index < -0.39 is 0 Å². The van der Waals surface area contributed by atoms with Crippen molar-refractivity contribution >= 4 is 98.7 Å². The van der Waals surface area contributed by atoms with Crippen LogP contribution in [0.15, 0.2) is 243 Å². The lowest BCUT2D eigenvalue weighted by Gasteiger charge is -2.22. The molecule has 10 aromatic carbocycles. The minimum absolute atomic E-state index is 0.670. The molecule has 0 aliphatic carbocycles. The van der Waals surface area contributed by atoms with Gasteiger partial charge in [0.2, 0.25) is 0 Å². The molecule has 0 unspecified atom stereocenters. The molecule has 15 rings (SSSR count). The number of nitrogens with zero attached hydrogens (tertiary/aromatic N) is 4. The van der Waals surface area contributed by atoms with Crippen LogP contribution in [0.3, 0.4) is 0 Å². The Morgan fingerprint density at radius 2 is 0.614 bits per heavy atom. The first-order valence-corrected chi connectivity index (χ1v) is 24.1. The van der Waals surface area contributed by atoms with Crippen molar-refractivity contribution in [2.24, 2.45) is 0 Å². The van der Waals surface area contributed by atoms with Crippen molar-refractivity contribution in [1.29, 1.82) is 0 Å². The molecular weight excluding hydrogens is 851 g/mol. The van der Waals surface area contributed by atoms with E-state index in [0.29, 0.717) is 6.54 Å². The second kappa shape index (κ2) is 15.1. The number of rotatable bonds is 6. The van der Waals surface area contributed by atoms with Gasteiger partial charge in [-0.2, -0.15) is 0 Å². The molecule has 0 amide bonds. The smallest absolute Gasteiger partial charge is 0.111 e. The van der Waals surface area contributed by atoms with E-state index >= 15 is 0 Å². The molecule has 1 aliphatic heterocycles.